The second-order valence-corrected chi connectivity index (χ2v) is 6.77. The van der Waals surface area contributed by atoms with Crippen molar-refractivity contribution in [1.82, 2.24) is 14.5 Å². The van der Waals surface area contributed by atoms with E-state index in [9.17, 15) is 9.59 Å². The number of carbonyl (C=O) groups is 1. The number of pyridine rings is 1. The molecule has 0 spiro atoms. The fourth-order valence-electron chi connectivity index (χ4n) is 2.17. The van der Waals surface area contributed by atoms with Gasteiger partial charge in [0.15, 0.2) is 5.16 Å². The van der Waals surface area contributed by atoms with Crippen LogP contribution in [-0.2, 0) is 12.8 Å². The average Bonchev–Trinajstić information content (AvgIpc) is 2.65. The van der Waals surface area contributed by atoms with Crippen molar-refractivity contribution in [3.8, 4) is 0 Å². The Morgan fingerprint density at radius 2 is 1.96 bits per heavy atom. The molecule has 0 aliphatic rings. The Bertz CT molecular complexity index is 975. The van der Waals surface area contributed by atoms with E-state index in [2.05, 4.69) is 15.3 Å². The molecule has 0 saturated carbocycles. The summed E-state index contributed by atoms with van der Waals surface area (Å²) in [6.45, 7) is 0. The molecule has 2 aromatic heterocycles. The molecule has 3 rings (SSSR count). The molecule has 2 heterocycles. The maximum absolute atomic E-state index is 12.5. The quantitative estimate of drug-likeness (QED) is 0.537. The van der Waals surface area contributed by atoms with Crippen molar-refractivity contribution in [2.45, 2.75) is 10.9 Å². The summed E-state index contributed by atoms with van der Waals surface area (Å²) in [7, 11) is 1.59. The van der Waals surface area contributed by atoms with Crippen LogP contribution >= 0.6 is 23.4 Å². The molecule has 0 saturated heterocycles. The van der Waals surface area contributed by atoms with Gasteiger partial charge in [0.1, 0.15) is 5.56 Å². The van der Waals surface area contributed by atoms with Crippen molar-refractivity contribution < 1.29 is 4.79 Å². The molecule has 0 bridgehead atoms. The van der Waals surface area contributed by atoms with Gasteiger partial charge in [-0.2, -0.15) is 0 Å². The minimum atomic E-state index is -0.512. The molecule has 0 aliphatic carbocycles. The molecule has 132 valence electrons. The van der Waals surface area contributed by atoms with Gasteiger partial charge in [0.05, 0.1) is 5.69 Å². The molecule has 6 nitrogen and oxygen atoms in total. The third-order valence-electron chi connectivity index (χ3n) is 3.55. The van der Waals surface area contributed by atoms with Crippen LogP contribution in [0.25, 0.3) is 0 Å². The number of hydrogen-bond donors (Lipinski definition) is 1. The van der Waals surface area contributed by atoms with Gasteiger partial charge in [-0.15, -0.1) is 0 Å². The molecule has 0 aliphatic heterocycles. The number of anilines is 1. The first-order valence-electron chi connectivity index (χ1n) is 7.70. The Morgan fingerprint density at radius 3 is 2.65 bits per heavy atom. The SMILES string of the molecule is Cn1c(SCc2ccccn2)ncc(C(=O)Nc2ccc(Cl)cc2)c1=O. The lowest BCUT2D eigenvalue weighted by Crippen LogP contribution is -2.29. The van der Waals surface area contributed by atoms with Crippen molar-refractivity contribution in [3.05, 3.63) is 81.5 Å². The summed E-state index contributed by atoms with van der Waals surface area (Å²) in [5.74, 6) is 0.0685. The molecule has 8 heteroatoms. The van der Waals surface area contributed by atoms with E-state index >= 15 is 0 Å². The van der Waals surface area contributed by atoms with Crippen LogP contribution in [-0.4, -0.2) is 20.4 Å². The van der Waals surface area contributed by atoms with E-state index in [-0.39, 0.29) is 5.56 Å². The van der Waals surface area contributed by atoms with E-state index in [4.69, 9.17) is 11.6 Å². The van der Waals surface area contributed by atoms with Gasteiger partial charge in [-0.25, -0.2) is 4.98 Å². The summed E-state index contributed by atoms with van der Waals surface area (Å²) in [4.78, 5) is 33.3. The highest BCUT2D eigenvalue weighted by molar-refractivity contribution is 7.98. The van der Waals surface area contributed by atoms with Crippen LogP contribution in [0.5, 0.6) is 0 Å². The van der Waals surface area contributed by atoms with E-state index in [1.165, 1.54) is 22.5 Å². The zero-order valence-corrected chi connectivity index (χ0v) is 15.4. The highest BCUT2D eigenvalue weighted by Gasteiger charge is 2.15. The molecule has 0 radical (unpaired) electrons. The summed E-state index contributed by atoms with van der Waals surface area (Å²) in [6, 6.07) is 12.3. The highest BCUT2D eigenvalue weighted by Crippen LogP contribution is 2.18. The topological polar surface area (TPSA) is 76.9 Å². The number of amides is 1. The first-order chi connectivity index (χ1) is 12.5. The van der Waals surface area contributed by atoms with Crippen molar-refractivity contribution in [2.24, 2.45) is 7.05 Å². The van der Waals surface area contributed by atoms with E-state index in [0.29, 0.717) is 21.6 Å². The first-order valence-corrected chi connectivity index (χ1v) is 9.06. The number of rotatable bonds is 5. The molecule has 0 unspecified atom stereocenters. The first kappa shape index (κ1) is 18.2. The number of thioether (sulfide) groups is 1. The Labute approximate surface area is 159 Å². The number of nitrogens with zero attached hydrogens (tertiary/aromatic N) is 3. The largest absolute Gasteiger partial charge is 0.322 e. The second kappa shape index (κ2) is 8.16. The average molecular weight is 387 g/mol. The summed E-state index contributed by atoms with van der Waals surface area (Å²) in [6.07, 6.45) is 3.01. The summed E-state index contributed by atoms with van der Waals surface area (Å²) in [5.41, 5.74) is 1.01. The number of nitrogens with one attached hydrogen (secondary N) is 1. The van der Waals surface area contributed by atoms with Crippen LogP contribution in [0, 0.1) is 0 Å². The smallest absolute Gasteiger partial charge is 0.266 e. The molecule has 1 N–H and O–H groups in total. The van der Waals surface area contributed by atoms with Crippen LogP contribution in [0.1, 0.15) is 16.1 Å². The van der Waals surface area contributed by atoms with Crippen LogP contribution in [0.3, 0.4) is 0 Å². The van der Waals surface area contributed by atoms with Gasteiger partial charge in [-0.1, -0.05) is 29.4 Å². The van der Waals surface area contributed by atoms with E-state index in [0.717, 1.165) is 5.69 Å². The normalized spacial score (nSPS) is 10.5. The maximum Gasteiger partial charge on any atom is 0.266 e. The number of hydrogen-bond acceptors (Lipinski definition) is 5. The molecule has 0 fully saturated rings. The third kappa shape index (κ3) is 4.30. The third-order valence-corrected chi connectivity index (χ3v) is 4.88. The predicted molar refractivity (Wildman–Crippen MR) is 103 cm³/mol. The second-order valence-electron chi connectivity index (χ2n) is 5.39. The number of carbonyl (C=O) groups excluding carboxylic acids is 1. The van der Waals surface area contributed by atoms with Gasteiger partial charge in [0.2, 0.25) is 0 Å². The molecule has 0 atom stereocenters. The van der Waals surface area contributed by atoms with Crippen molar-refractivity contribution >= 4 is 35.0 Å². The van der Waals surface area contributed by atoms with Gasteiger partial charge in [-0.05, 0) is 36.4 Å². The molecule has 3 aromatic rings. The standard InChI is InChI=1S/C18H15ClN4O2S/c1-23-17(25)15(16(24)22-13-7-5-12(19)6-8-13)10-21-18(23)26-11-14-4-2-3-9-20-14/h2-10H,11H2,1H3,(H,22,24). The lowest BCUT2D eigenvalue weighted by molar-refractivity contribution is 0.102. The molecule has 26 heavy (non-hydrogen) atoms. The fourth-order valence-corrected chi connectivity index (χ4v) is 3.15. The van der Waals surface area contributed by atoms with Crippen molar-refractivity contribution in [2.75, 3.05) is 5.32 Å². The van der Waals surface area contributed by atoms with Crippen LogP contribution in [0.2, 0.25) is 5.02 Å². The monoisotopic (exact) mass is 386 g/mol. The Morgan fingerprint density at radius 1 is 1.19 bits per heavy atom. The number of benzene rings is 1. The van der Waals surface area contributed by atoms with Crippen LogP contribution in [0.15, 0.2) is 64.8 Å². The van der Waals surface area contributed by atoms with Crippen molar-refractivity contribution in [3.63, 3.8) is 0 Å². The molecular formula is C18H15ClN4O2S. The van der Waals surface area contributed by atoms with Gasteiger partial charge < -0.3 is 5.32 Å². The summed E-state index contributed by atoms with van der Waals surface area (Å²) >= 11 is 7.20. The summed E-state index contributed by atoms with van der Waals surface area (Å²) < 4.78 is 1.37. The van der Waals surface area contributed by atoms with Gasteiger partial charge in [-0.3, -0.25) is 19.1 Å². The van der Waals surface area contributed by atoms with E-state index in [1.54, 1.807) is 37.5 Å². The predicted octanol–water partition coefficient (Wildman–Crippen LogP) is 3.37. The van der Waals surface area contributed by atoms with Gasteiger partial charge in [0.25, 0.3) is 11.5 Å². The van der Waals surface area contributed by atoms with Crippen LogP contribution in [0.4, 0.5) is 5.69 Å². The molecule has 1 amide bonds. The van der Waals surface area contributed by atoms with Crippen molar-refractivity contribution in [1.29, 1.82) is 0 Å². The minimum Gasteiger partial charge on any atom is -0.322 e. The minimum absolute atomic E-state index is 0.0235. The van der Waals surface area contributed by atoms with Gasteiger partial charge >= 0.3 is 0 Å². The van der Waals surface area contributed by atoms with Crippen LogP contribution < -0.4 is 10.9 Å². The lowest BCUT2D eigenvalue weighted by Gasteiger charge is -2.09. The summed E-state index contributed by atoms with van der Waals surface area (Å²) in [5, 5.41) is 3.75. The molecule has 1 aromatic carbocycles. The highest BCUT2D eigenvalue weighted by atomic mass is 35.5. The lowest BCUT2D eigenvalue weighted by atomic mass is 10.2. The zero-order chi connectivity index (χ0) is 18.5. The number of halogens is 1. The Kier molecular flexibility index (Phi) is 5.70. The Balaban J connectivity index is 1.75. The van der Waals surface area contributed by atoms with Gasteiger partial charge in [0, 0.05) is 35.9 Å². The Hall–Kier alpha value is -2.64. The van der Waals surface area contributed by atoms with E-state index < -0.39 is 11.5 Å². The molecular weight excluding hydrogens is 372 g/mol. The maximum atomic E-state index is 12.5. The zero-order valence-electron chi connectivity index (χ0n) is 13.8. The number of aromatic nitrogens is 3. The fraction of sp³-hybridized carbons (Fsp3) is 0.111. The van der Waals surface area contributed by atoms with E-state index in [1.807, 2.05) is 18.2 Å².